The minimum atomic E-state index is -0.208. The summed E-state index contributed by atoms with van der Waals surface area (Å²) in [4.78, 5) is 0. The van der Waals surface area contributed by atoms with E-state index in [4.69, 9.17) is 0 Å². The normalized spacial score (nSPS) is 58.5. The molecule has 2 rings (SSSR count). The van der Waals surface area contributed by atoms with Crippen molar-refractivity contribution < 1.29 is 5.11 Å². The second kappa shape index (κ2) is 1.76. The molecule has 1 heteroatoms. The van der Waals surface area contributed by atoms with Crippen LogP contribution in [0.1, 0.15) is 33.1 Å². The zero-order chi connectivity index (χ0) is 7.35. The molecule has 2 aliphatic rings. The lowest BCUT2D eigenvalue weighted by molar-refractivity contribution is 0.104. The first kappa shape index (κ1) is 6.66. The van der Waals surface area contributed by atoms with Gasteiger partial charge >= 0.3 is 0 Å². The molecule has 1 nitrogen and oxygen atoms in total. The van der Waals surface area contributed by atoms with Crippen molar-refractivity contribution in [2.45, 2.75) is 38.7 Å². The molecule has 10 heavy (non-hydrogen) atoms. The summed E-state index contributed by atoms with van der Waals surface area (Å²) in [5.74, 6) is 2.12. The summed E-state index contributed by atoms with van der Waals surface area (Å²) in [6, 6.07) is 0. The van der Waals surface area contributed by atoms with Crippen molar-refractivity contribution in [1.82, 2.24) is 0 Å². The lowest BCUT2D eigenvalue weighted by Gasteiger charge is -2.06. The lowest BCUT2D eigenvalue weighted by Crippen LogP contribution is -2.14. The second-order valence-corrected chi connectivity index (χ2v) is 4.11. The fourth-order valence-corrected chi connectivity index (χ4v) is 2.26. The van der Waals surface area contributed by atoms with Crippen LogP contribution in [0.5, 0.6) is 0 Å². The average Bonchev–Trinajstić information content (AvgIpc) is 2.71. The molecule has 0 bridgehead atoms. The van der Waals surface area contributed by atoms with Crippen molar-refractivity contribution in [1.29, 1.82) is 0 Å². The Morgan fingerprint density at radius 3 is 2.50 bits per heavy atom. The van der Waals surface area contributed by atoms with Gasteiger partial charge in [0.25, 0.3) is 0 Å². The fraction of sp³-hybridized carbons (Fsp3) is 1.00. The summed E-state index contributed by atoms with van der Waals surface area (Å²) in [5, 5.41) is 9.84. The quantitative estimate of drug-likeness (QED) is 0.620. The summed E-state index contributed by atoms with van der Waals surface area (Å²) >= 11 is 0. The summed E-state index contributed by atoms with van der Waals surface area (Å²) in [6.45, 7) is 4.38. The van der Waals surface area contributed by atoms with Gasteiger partial charge in [0.05, 0.1) is 5.60 Å². The Balaban J connectivity index is 1.92. The van der Waals surface area contributed by atoms with Crippen LogP contribution in [0.4, 0.5) is 0 Å². The molecule has 0 amide bonds. The fourth-order valence-electron chi connectivity index (χ4n) is 2.26. The summed E-state index contributed by atoms with van der Waals surface area (Å²) in [7, 11) is 0. The highest BCUT2D eigenvalue weighted by Gasteiger charge is 2.62. The maximum atomic E-state index is 9.84. The summed E-state index contributed by atoms with van der Waals surface area (Å²) in [6.07, 6.45) is 3.62. The second-order valence-electron chi connectivity index (χ2n) is 4.11. The van der Waals surface area contributed by atoms with E-state index in [2.05, 4.69) is 13.8 Å². The first-order valence-corrected chi connectivity index (χ1v) is 4.41. The first-order valence-electron chi connectivity index (χ1n) is 4.41. The molecule has 0 radical (unpaired) electrons. The van der Waals surface area contributed by atoms with Crippen LogP contribution in [0.25, 0.3) is 0 Å². The van der Waals surface area contributed by atoms with E-state index in [1.807, 2.05) is 0 Å². The van der Waals surface area contributed by atoms with Gasteiger partial charge in [-0.2, -0.15) is 0 Å². The van der Waals surface area contributed by atoms with Gasteiger partial charge in [0.1, 0.15) is 0 Å². The maximum Gasteiger partial charge on any atom is 0.0708 e. The molecule has 1 N–H and O–H groups in total. The first-order chi connectivity index (χ1) is 4.68. The third kappa shape index (κ3) is 0.731. The van der Waals surface area contributed by atoms with Gasteiger partial charge in [-0.05, 0) is 30.6 Å². The van der Waals surface area contributed by atoms with Gasteiger partial charge in [-0.15, -0.1) is 0 Å². The molecule has 0 aliphatic heterocycles. The monoisotopic (exact) mass is 140 g/mol. The van der Waals surface area contributed by atoms with E-state index in [-0.39, 0.29) is 5.60 Å². The molecule has 0 aromatic rings. The topological polar surface area (TPSA) is 20.2 Å². The van der Waals surface area contributed by atoms with Gasteiger partial charge in [0, 0.05) is 0 Å². The lowest BCUT2D eigenvalue weighted by atomic mass is 10.1. The highest BCUT2D eigenvalue weighted by molar-refractivity contribution is 5.13. The van der Waals surface area contributed by atoms with E-state index < -0.39 is 0 Å². The molecule has 2 fully saturated rings. The van der Waals surface area contributed by atoms with E-state index in [9.17, 15) is 5.11 Å². The van der Waals surface area contributed by atoms with Crippen LogP contribution < -0.4 is 0 Å². The Morgan fingerprint density at radius 2 is 2.20 bits per heavy atom. The van der Waals surface area contributed by atoms with E-state index >= 15 is 0 Å². The highest BCUT2D eigenvalue weighted by atomic mass is 16.3. The largest absolute Gasteiger partial charge is 0.389 e. The Labute approximate surface area is 62.4 Å². The van der Waals surface area contributed by atoms with Gasteiger partial charge in [0.2, 0.25) is 0 Å². The molecular weight excluding hydrogens is 124 g/mol. The third-order valence-corrected chi connectivity index (χ3v) is 3.42. The van der Waals surface area contributed by atoms with Crippen LogP contribution in [0, 0.1) is 17.8 Å². The molecule has 2 aliphatic carbocycles. The summed E-state index contributed by atoms with van der Waals surface area (Å²) < 4.78 is 0. The van der Waals surface area contributed by atoms with Gasteiger partial charge in [0.15, 0.2) is 0 Å². The van der Waals surface area contributed by atoms with Crippen molar-refractivity contribution in [3.8, 4) is 0 Å². The predicted octanol–water partition coefficient (Wildman–Crippen LogP) is 1.80. The number of aliphatic hydroxyl groups is 1. The smallest absolute Gasteiger partial charge is 0.0708 e. The van der Waals surface area contributed by atoms with Crippen LogP contribution in [-0.2, 0) is 0 Å². The SMILES string of the molecule is CC[C@@H]1C[C@H]1C1(O)CC1C. The Bertz CT molecular complexity index is 155. The number of rotatable bonds is 2. The molecule has 2 unspecified atom stereocenters. The molecule has 58 valence electrons. The van der Waals surface area contributed by atoms with Gasteiger partial charge in [-0.3, -0.25) is 0 Å². The van der Waals surface area contributed by atoms with Crippen molar-refractivity contribution in [3.05, 3.63) is 0 Å². The van der Waals surface area contributed by atoms with Crippen molar-refractivity contribution in [2.75, 3.05) is 0 Å². The molecule has 0 saturated heterocycles. The van der Waals surface area contributed by atoms with E-state index in [0.717, 1.165) is 12.3 Å². The molecule has 2 saturated carbocycles. The van der Waals surface area contributed by atoms with Gasteiger partial charge in [-0.25, -0.2) is 0 Å². The standard InChI is InChI=1S/C9H16O/c1-3-7-4-8(7)9(10)5-6(9)2/h6-8,10H,3-5H2,1-2H3/t6?,7-,8-,9?/m1/s1. The van der Waals surface area contributed by atoms with E-state index in [1.54, 1.807) is 0 Å². The number of hydrogen-bond acceptors (Lipinski definition) is 1. The van der Waals surface area contributed by atoms with E-state index in [0.29, 0.717) is 11.8 Å². The zero-order valence-corrected chi connectivity index (χ0v) is 6.80. The predicted molar refractivity (Wildman–Crippen MR) is 40.6 cm³/mol. The zero-order valence-electron chi connectivity index (χ0n) is 6.80. The molecule has 0 aromatic carbocycles. The van der Waals surface area contributed by atoms with Crippen LogP contribution in [0.15, 0.2) is 0 Å². The molecule has 0 spiro atoms. The van der Waals surface area contributed by atoms with E-state index in [1.165, 1.54) is 12.8 Å². The summed E-state index contributed by atoms with van der Waals surface area (Å²) in [5.41, 5.74) is -0.208. The average molecular weight is 140 g/mol. The molecule has 0 aromatic heterocycles. The Morgan fingerprint density at radius 1 is 1.60 bits per heavy atom. The van der Waals surface area contributed by atoms with Gasteiger partial charge in [-0.1, -0.05) is 20.3 Å². The van der Waals surface area contributed by atoms with Crippen LogP contribution in [0.3, 0.4) is 0 Å². The molecule has 4 atom stereocenters. The molecule has 0 heterocycles. The minimum absolute atomic E-state index is 0.208. The molecular formula is C9H16O. The highest BCUT2D eigenvalue weighted by Crippen LogP contribution is 2.61. The Hall–Kier alpha value is -0.0400. The third-order valence-electron chi connectivity index (χ3n) is 3.42. The van der Waals surface area contributed by atoms with Crippen LogP contribution in [-0.4, -0.2) is 10.7 Å². The minimum Gasteiger partial charge on any atom is -0.389 e. The van der Waals surface area contributed by atoms with Crippen LogP contribution >= 0.6 is 0 Å². The van der Waals surface area contributed by atoms with Gasteiger partial charge < -0.3 is 5.11 Å². The number of hydrogen-bond donors (Lipinski definition) is 1. The maximum absolute atomic E-state index is 9.84. The van der Waals surface area contributed by atoms with Crippen LogP contribution in [0.2, 0.25) is 0 Å². The van der Waals surface area contributed by atoms with Crippen molar-refractivity contribution in [2.24, 2.45) is 17.8 Å². The van der Waals surface area contributed by atoms with Crippen molar-refractivity contribution in [3.63, 3.8) is 0 Å². The Kier molecular flexibility index (Phi) is 1.17. The van der Waals surface area contributed by atoms with Crippen molar-refractivity contribution >= 4 is 0 Å².